The van der Waals surface area contributed by atoms with Gasteiger partial charge in [0.25, 0.3) is 5.91 Å². The summed E-state index contributed by atoms with van der Waals surface area (Å²) in [6, 6.07) is 8.79. The van der Waals surface area contributed by atoms with Crippen LogP contribution in [0.25, 0.3) is 0 Å². The highest BCUT2D eigenvalue weighted by Gasteiger charge is 2.10. The number of hydrogen-bond acceptors (Lipinski definition) is 3. The smallest absolute Gasteiger partial charge is 0.274 e. The average molecular weight is 282 g/mol. The van der Waals surface area contributed by atoms with Crippen LogP contribution in [-0.2, 0) is 0 Å². The molecule has 1 amide bonds. The first-order valence-electron chi connectivity index (χ1n) is 5.13. The molecule has 18 heavy (non-hydrogen) atoms. The number of rotatable bonds is 2. The van der Waals surface area contributed by atoms with Crippen molar-refractivity contribution in [2.24, 2.45) is 0 Å². The van der Waals surface area contributed by atoms with Gasteiger partial charge >= 0.3 is 0 Å². The molecule has 2 rings (SSSR count). The van der Waals surface area contributed by atoms with Gasteiger partial charge in [0.05, 0.1) is 0 Å². The van der Waals surface area contributed by atoms with Crippen molar-refractivity contribution in [2.45, 2.75) is 6.92 Å². The van der Waals surface area contributed by atoms with Crippen molar-refractivity contribution in [2.75, 3.05) is 5.32 Å². The summed E-state index contributed by atoms with van der Waals surface area (Å²) in [7, 11) is 0. The molecule has 4 nitrogen and oxygen atoms in total. The molecular formula is C12H9Cl2N3O. The van der Waals surface area contributed by atoms with Crippen LogP contribution in [0, 0.1) is 6.92 Å². The molecule has 0 spiro atoms. The molecule has 0 unspecified atom stereocenters. The maximum absolute atomic E-state index is 11.9. The SMILES string of the molecule is Cc1cccc(NC(=O)c2cc(Cl)nc(Cl)n2)c1. The molecule has 0 fully saturated rings. The fourth-order valence-electron chi connectivity index (χ4n) is 1.42. The number of amides is 1. The number of benzene rings is 1. The first-order chi connectivity index (χ1) is 8.54. The molecular weight excluding hydrogens is 273 g/mol. The van der Waals surface area contributed by atoms with Crippen LogP contribution in [0.4, 0.5) is 5.69 Å². The maximum atomic E-state index is 11.9. The fraction of sp³-hybridized carbons (Fsp3) is 0.0833. The molecule has 0 saturated heterocycles. The van der Waals surface area contributed by atoms with Gasteiger partial charge in [-0.15, -0.1) is 0 Å². The average Bonchev–Trinajstić information content (AvgIpc) is 2.27. The first kappa shape index (κ1) is 12.8. The van der Waals surface area contributed by atoms with Crippen LogP contribution in [0.5, 0.6) is 0 Å². The molecule has 92 valence electrons. The number of aromatic nitrogens is 2. The van der Waals surface area contributed by atoms with Gasteiger partial charge in [-0.3, -0.25) is 4.79 Å². The largest absolute Gasteiger partial charge is 0.321 e. The summed E-state index contributed by atoms with van der Waals surface area (Å²) in [5.41, 5.74) is 1.86. The van der Waals surface area contributed by atoms with Crippen LogP contribution in [0.2, 0.25) is 10.4 Å². The summed E-state index contributed by atoms with van der Waals surface area (Å²) >= 11 is 11.3. The van der Waals surface area contributed by atoms with Crippen LogP contribution in [0.15, 0.2) is 30.3 Å². The predicted octanol–water partition coefficient (Wildman–Crippen LogP) is 3.34. The zero-order chi connectivity index (χ0) is 13.1. The highest BCUT2D eigenvalue weighted by molar-refractivity contribution is 6.32. The van der Waals surface area contributed by atoms with Crippen LogP contribution in [0.1, 0.15) is 16.1 Å². The minimum atomic E-state index is -0.383. The second kappa shape index (κ2) is 5.33. The minimum absolute atomic E-state index is 0.0584. The second-order valence-corrected chi connectivity index (χ2v) is 4.39. The van der Waals surface area contributed by atoms with E-state index < -0.39 is 0 Å². The lowest BCUT2D eigenvalue weighted by atomic mass is 10.2. The van der Waals surface area contributed by atoms with Crippen molar-refractivity contribution >= 4 is 34.8 Å². The first-order valence-corrected chi connectivity index (χ1v) is 5.88. The molecule has 1 N–H and O–H groups in total. The Balaban J connectivity index is 2.22. The number of aryl methyl sites for hydroxylation is 1. The summed E-state index contributed by atoms with van der Waals surface area (Å²) in [6.07, 6.45) is 0. The standard InChI is InChI=1S/C12H9Cl2N3O/c1-7-3-2-4-8(5-7)15-11(18)9-6-10(13)17-12(14)16-9/h2-6H,1H3,(H,15,18). The lowest BCUT2D eigenvalue weighted by molar-refractivity contribution is 0.102. The van der Waals surface area contributed by atoms with Gasteiger partial charge in [-0.2, -0.15) is 0 Å². The van der Waals surface area contributed by atoms with Crippen molar-refractivity contribution in [1.29, 1.82) is 0 Å². The highest BCUT2D eigenvalue weighted by Crippen LogP contribution is 2.14. The van der Waals surface area contributed by atoms with Gasteiger partial charge in [-0.25, -0.2) is 9.97 Å². The molecule has 0 aliphatic heterocycles. The van der Waals surface area contributed by atoms with Crippen molar-refractivity contribution in [3.8, 4) is 0 Å². The second-order valence-electron chi connectivity index (χ2n) is 3.67. The van der Waals surface area contributed by atoms with Crippen molar-refractivity contribution in [1.82, 2.24) is 9.97 Å². The third-order valence-corrected chi connectivity index (χ3v) is 2.54. The number of carbonyl (C=O) groups excluding carboxylic acids is 1. The third kappa shape index (κ3) is 3.18. The summed E-state index contributed by atoms with van der Waals surface area (Å²) in [5.74, 6) is -0.383. The molecule has 0 saturated carbocycles. The van der Waals surface area contributed by atoms with Gasteiger partial charge in [-0.05, 0) is 36.2 Å². The normalized spacial score (nSPS) is 10.2. The molecule has 2 aromatic rings. The number of nitrogens with one attached hydrogen (secondary N) is 1. The van der Waals surface area contributed by atoms with Crippen molar-refractivity contribution in [3.05, 3.63) is 52.0 Å². The van der Waals surface area contributed by atoms with Crippen LogP contribution in [0.3, 0.4) is 0 Å². The minimum Gasteiger partial charge on any atom is -0.321 e. The Morgan fingerprint density at radius 2 is 2.00 bits per heavy atom. The number of halogens is 2. The number of nitrogens with zero attached hydrogens (tertiary/aromatic N) is 2. The summed E-state index contributed by atoms with van der Waals surface area (Å²) in [6.45, 7) is 1.94. The molecule has 0 bridgehead atoms. The monoisotopic (exact) mass is 281 g/mol. The Bertz CT molecular complexity index is 581. The third-order valence-electron chi connectivity index (χ3n) is 2.18. The van der Waals surface area contributed by atoms with E-state index in [1.807, 2.05) is 25.1 Å². The van der Waals surface area contributed by atoms with Gasteiger partial charge in [0.15, 0.2) is 0 Å². The zero-order valence-electron chi connectivity index (χ0n) is 9.45. The molecule has 6 heteroatoms. The van der Waals surface area contributed by atoms with E-state index in [0.29, 0.717) is 5.69 Å². The summed E-state index contributed by atoms with van der Waals surface area (Å²) in [4.78, 5) is 19.4. The van der Waals surface area contributed by atoms with E-state index in [9.17, 15) is 4.79 Å². The molecule has 0 atom stereocenters. The van der Waals surface area contributed by atoms with Gasteiger partial charge < -0.3 is 5.32 Å². The Labute approximate surface area is 114 Å². The van der Waals surface area contributed by atoms with E-state index in [4.69, 9.17) is 23.2 Å². The van der Waals surface area contributed by atoms with Gasteiger partial charge in [-0.1, -0.05) is 23.7 Å². The topological polar surface area (TPSA) is 54.9 Å². The van der Waals surface area contributed by atoms with Gasteiger partial charge in [0.2, 0.25) is 5.28 Å². The van der Waals surface area contributed by atoms with E-state index in [1.54, 1.807) is 6.07 Å². The van der Waals surface area contributed by atoms with E-state index in [0.717, 1.165) is 5.56 Å². The quantitative estimate of drug-likeness (QED) is 0.679. The van der Waals surface area contributed by atoms with Crippen LogP contribution < -0.4 is 5.32 Å². The van der Waals surface area contributed by atoms with Crippen molar-refractivity contribution < 1.29 is 4.79 Å². The zero-order valence-corrected chi connectivity index (χ0v) is 11.0. The Hall–Kier alpha value is -1.65. The van der Waals surface area contributed by atoms with E-state index >= 15 is 0 Å². The number of hydrogen-bond donors (Lipinski definition) is 1. The Morgan fingerprint density at radius 1 is 1.22 bits per heavy atom. The molecule has 1 aromatic carbocycles. The predicted molar refractivity (Wildman–Crippen MR) is 71.2 cm³/mol. The van der Waals surface area contributed by atoms with E-state index in [1.165, 1.54) is 6.07 Å². The fourth-order valence-corrected chi connectivity index (χ4v) is 1.83. The number of carbonyl (C=O) groups is 1. The molecule has 0 radical (unpaired) electrons. The van der Waals surface area contributed by atoms with Crippen LogP contribution in [-0.4, -0.2) is 15.9 Å². The molecule has 0 aliphatic rings. The van der Waals surface area contributed by atoms with Crippen LogP contribution >= 0.6 is 23.2 Å². The lowest BCUT2D eigenvalue weighted by Gasteiger charge is -2.05. The Kier molecular flexibility index (Phi) is 3.79. The molecule has 1 aromatic heterocycles. The molecule has 1 heterocycles. The molecule has 0 aliphatic carbocycles. The lowest BCUT2D eigenvalue weighted by Crippen LogP contribution is -2.14. The van der Waals surface area contributed by atoms with Gasteiger partial charge in [0, 0.05) is 11.8 Å². The summed E-state index contributed by atoms with van der Waals surface area (Å²) in [5, 5.41) is 2.78. The van der Waals surface area contributed by atoms with Crippen molar-refractivity contribution in [3.63, 3.8) is 0 Å². The number of anilines is 1. The van der Waals surface area contributed by atoms with E-state index in [2.05, 4.69) is 15.3 Å². The van der Waals surface area contributed by atoms with Gasteiger partial charge in [0.1, 0.15) is 10.8 Å². The van der Waals surface area contributed by atoms with E-state index in [-0.39, 0.29) is 22.0 Å². The Morgan fingerprint density at radius 3 is 2.67 bits per heavy atom. The highest BCUT2D eigenvalue weighted by atomic mass is 35.5. The summed E-state index contributed by atoms with van der Waals surface area (Å²) < 4.78 is 0. The maximum Gasteiger partial charge on any atom is 0.274 e.